The zero-order chi connectivity index (χ0) is 13.4. The lowest BCUT2D eigenvalue weighted by atomic mass is 10.2. The fourth-order valence-corrected chi connectivity index (χ4v) is 1.78. The van der Waals surface area contributed by atoms with Crippen molar-refractivity contribution in [3.8, 4) is 0 Å². The minimum atomic E-state index is 0.543. The zero-order valence-electron chi connectivity index (χ0n) is 11.5. The maximum atomic E-state index is 6.30. The van der Waals surface area contributed by atoms with Crippen LogP contribution in [-0.4, -0.2) is 12.3 Å². The molecule has 1 N–H and O–H groups in total. The number of allylic oxidation sites excluding steroid dienone is 4. The second kappa shape index (κ2) is 8.15. The maximum Gasteiger partial charge on any atom is 0.0610 e. The summed E-state index contributed by atoms with van der Waals surface area (Å²) in [4.78, 5) is 4.49. The SMILES string of the molecule is CC/C=C/NC(=C(C)C=NC1CC1)/C(Cl)=C\CC. The van der Waals surface area contributed by atoms with Crippen molar-refractivity contribution in [2.45, 2.75) is 52.5 Å². The van der Waals surface area contributed by atoms with Crippen LogP contribution >= 0.6 is 11.6 Å². The van der Waals surface area contributed by atoms with E-state index in [2.05, 4.69) is 30.2 Å². The predicted octanol–water partition coefficient (Wildman–Crippen LogP) is 4.54. The minimum absolute atomic E-state index is 0.543. The molecule has 100 valence electrons. The summed E-state index contributed by atoms with van der Waals surface area (Å²) in [6, 6.07) is 0.543. The van der Waals surface area contributed by atoms with Gasteiger partial charge >= 0.3 is 0 Å². The number of hydrogen-bond donors (Lipinski definition) is 1. The first-order chi connectivity index (χ1) is 8.69. The van der Waals surface area contributed by atoms with E-state index in [1.54, 1.807) is 0 Å². The van der Waals surface area contributed by atoms with Crippen molar-refractivity contribution in [3.63, 3.8) is 0 Å². The van der Waals surface area contributed by atoms with Crippen LogP contribution in [0.4, 0.5) is 0 Å². The largest absolute Gasteiger partial charge is 0.361 e. The molecule has 0 unspecified atom stereocenters. The highest BCUT2D eigenvalue weighted by Crippen LogP contribution is 2.24. The van der Waals surface area contributed by atoms with E-state index in [1.807, 2.05) is 25.4 Å². The maximum absolute atomic E-state index is 6.30. The van der Waals surface area contributed by atoms with Crippen LogP contribution in [0.5, 0.6) is 0 Å². The van der Waals surface area contributed by atoms with Gasteiger partial charge < -0.3 is 5.32 Å². The summed E-state index contributed by atoms with van der Waals surface area (Å²) in [5.41, 5.74) is 2.03. The molecule has 2 nitrogen and oxygen atoms in total. The average molecular weight is 267 g/mol. The Hall–Kier alpha value is -1.02. The molecule has 0 spiro atoms. The summed E-state index contributed by atoms with van der Waals surface area (Å²) in [6.07, 6.45) is 12.3. The van der Waals surface area contributed by atoms with Crippen molar-refractivity contribution >= 4 is 17.8 Å². The van der Waals surface area contributed by atoms with Gasteiger partial charge in [-0.3, -0.25) is 4.99 Å². The lowest BCUT2D eigenvalue weighted by molar-refractivity contribution is 1.04. The highest BCUT2D eigenvalue weighted by Gasteiger charge is 2.19. The molecule has 0 atom stereocenters. The van der Waals surface area contributed by atoms with E-state index in [1.165, 1.54) is 12.8 Å². The number of nitrogens with zero attached hydrogens (tertiary/aromatic N) is 1. The van der Waals surface area contributed by atoms with E-state index in [0.717, 1.165) is 29.1 Å². The van der Waals surface area contributed by atoms with Crippen LogP contribution in [0.3, 0.4) is 0 Å². The van der Waals surface area contributed by atoms with Crippen LogP contribution in [0.1, 0.15) is 46.5 Å². The molecule has 1 rings (SSSR count). The predicted molar refractivity (Wildman–Crippen MR) is 81.0 cm³/mol. The molecular weight excluding hydrogens is 244 g/mol. The topological polar surface area (TPSA) is 24.4 Å². The van der Waals surface area contributed by atoms with Crippen LogP contribution in [0.25, 0.3) is 0 Å². The van der Waals surface area contributed by atoms with E-state index in [0.29, 0.717) is 6.04 Å². The van der Waals surface area contributed by atoms with Gasteiger partial charge in [0.15, 0.2) is 0 Å². The molecule has 1 aliphatic rings. The standard InChI is InChI=1S/C15H23ClN2/c1-4-6-10-17-15(14(16)7-5-2)12(3)11-18-13-8-9-13/h6-7,10-11,13,17H,4-5,8-9H2,1-3H3/b10-6+,14-7+,15-12?,18-11?. The van der Waals surface area contributed by atoms with Crippen molar-refractivity contribution in [1.82, 2.24) is 5.32 Å². The first-order valence-corrected chi connectivity index (χ1v) is 7.08. The molecule has 1 fully saturated rings. The van der Waals surface area contributed by atoms with Crippen molar-refractivity contribution in [2.24, 2.45) is 4.99 Å². The van der Waals surface area contributed by atoms with Gasteiger partial charge in [0.1, 0.15) is 0 Å². The van der Waals surface area contributed by atoms with Crippen molar-refractivity contribution in [1.29, 1.82) is 0 Å². The highest BCUT2D eigenvalue weighted by atomic mass is 35.5. The molecule has 0 aromatic carbocycles. The summed E-state index contributed by atoms with van der Waals surface area (Å²) in [5, 5.41) is 4.02. The van der Waals surface area contributed by atoms with Gasteiger partial charge in [-0.25, -0.2) is 0 Å². The third-order valence-corrected chi connectivity index (χ3v) is 2.97. The van der Waals surface area contributed by atoms with E-state index >= 15 is 0 Å². The van der Waals surface area contributed by atoms with Gasteiger partial charge in [0, 0.05) is 6.21 Å². The third kappa shape index (κ3) is 5.54. The first kappa shape index (κ1) is 15.0. The Morgan fingerprint density at radius 3 is 2.61 bits per heavy atom. The van der Waals surface area contributed by atoms with E-state index in [4.69, 9.17) is 11.6 Å². The lowest BCUT2D eigenvalue weighted by Gasteiger charge is -2.09. The van der Waals surface area contributed by atoms with Gasteiger partial charge in [0.05, 0.1) is 16.8 Å². The van der Waals surface area contributed by atoms with E-state index in [-0.39, 0.29) is 0 Å². The summed E-state index contributed by atoms with van der Waals surface area (Å²) in [6.45, 7) is 6.22. The van der Waals surface area contributed by atoms with Gasteiger partial charge in [0.25, 0.3) is 0 Å². The molecule has 3 heteroatoms. The Bertz CT molecular complexity index is 374. The zero-order valence-corrected chi connectivity index (χ0v) is 12.3. The minimum Gasteiger partial charge on any atom is -0.361 e. The fraction of sp³-hybridized carbons (Fsp3) is 0.533. The van der Waals surface area contributed by atoms with Crippen molar-refractivity contribution in [2.75, 3.05) is 0 Å². The molecule has 0 amide bonds. The number of halogens is 1. The first-order valence-electron chi connectivity index (χ1n) is 6.70. The van der Waals surface area contributed by atoms with Gasteiger partial charge in [-0.2, -0.15) is 0 Å². The molecule has 0 radical (unpaired) electrons. The van der Waals surface area contributed by atoms with Gasteiger partial charge in [-0.1, -0.05) is 37.6 Å². The summed E-state index contributed by atoms with van der Waals surface area (Å²) in [7, 11) is 0. The smallest absolute Gasteiger partial charge is 0.0610 e. The monoisotopic (exact) mass is 266 g/mol. The molecule has 0 aromatic rings. The van der Waals surface area contributed by atoms with E-state index < -0.39 is 0 Å². The van der Waals surface area contributed by atoms with Crippen molar-refractivity contribution in [3.05, 3.63) is 34.7 Å². The van der Waals surface area contributed by atoms with Crippen LogP contribution in [-0.2, 0) is 0 Å². The van der Waals surface area contributed by atoms with Gasteiger partial charge in [-0.15, -0.1) is 0 Å². The molecule has 0 saturated heterocycles. The van der Waals surface area contributed by atoms with Crippen molar-refractivity contribution < 1.29 is 0 Å². The van der Waals surface area contributed by atoms with Crippen LogP contribution in [0.2, 0.25) is 0 Å². The molecule has 1 saturated carbocycles. The fourth-order valence-electron chi connectivity index (χ4n) is 1.42. The van der Waals surface area contributed by atoms with E-state index in [9.17, 15) is 0 Å². The number of aliphatic imine (C=N–C) groups is 1. The second-order valence-electron chi connectivity index (χ2n) is 4.48. The number of rotatable bonds is 7. The second-order valence-corrected chi connectivity index (χ2v) is 4.89. The molecule has 0 aromatic heterocycles. The highest BCUT2D eigenvalue weighted by molar-refractivity contribution is 6.32. The number of hydrogen-bond acceptors (Lipinski definition) is 2. The third-order valence-electron chi connectivity index (χ3n) is 2.62. The Kier molecular flexibility index (Phi) is 6.81. The normalized spacial score (nSPS) is 18.6. The summed E-state index contributed by atoms with van der Waals surface area (Å²) < 4.78 is 0. The number of nitrogens with one attached hydrogen (secondary N) is 1. The molecule has 0 heterocycles. The Labute approximate surface area is 116 Å². The summed E-state index contributed by atoms with van der Waals surface area (Å²) in [5.74, 6) is 0. The quantitative estimate of drug-likeness (QED) is 0.531. The molecule has 0 bridgehead atoms. The molecular formula is C15H23ClN2. The molecule has 18 heavy (non-hydrogen) atoms. The Balaban J connectivity index is 2.81. The van der Waals surface area contributed by atoms with Crippen LogP contribution < -0.4 is 5.32 Å². The van der Waals surface area contributed by atoms with Crippen LogP contribution in [0, 0.1) is 0 Å². The average Bonchev–Trinajstić information content (AvgIpc) is 3.16. The molecule has 1 aliphatic carbocycles. The Morgan fingerprint density at radius 1 is 1.33 bits per heavy atom. The Morgan fingerprint density at radius 2 is 2.06 bits per heavy atom. The van der Waals surface area contributed by atoms with Gasteiger partial charge in [-0.05, 0) is 44.4 Å². The molecule has 0 aliphatic heterocycles. The van der Waals surface area contributed by atoms with Crippen LogP contribution in [0.15, 0.2) is 39.6 Å². The van der Waals surface area contributed by atoms with Gasteiger partial charge in [0.2, 0.25) is 0 Å². The lowest BCUT2D eigenvalue weighted by Crippen LogP contribution is -2.09. The summed E-state index contributed by atoms with van der Waals surface area (Å²) >= 11 is 6.30.